The Bertz CT molecular complexity index is 763. The molecule has 0 amide bonds. The molecule has 0 unspecified atom stereocenters. The van der Waals surface area contributed by atoms with Crippen molar-refractivity contribution in [1.29, 1.82) is 5.26 Å². The molecular formula is C16H13N3O3. The van der Waals surface area contributed by atoms with Gasteiger partial charge in [-0.25, -0.2) is 0 Å². The fourth-order valence-electron chi connectivity index (χ4n) is 1.92. The zero-order valence-electron chi connectivity index (χ0n) is 11.8. The van der Waals surface area contributed by atoms with Crippen LogP contribution >= 0.6 is 0 Å². The van der Waals surface area contributed by atoms with Crippen LogP contribution in [0.25, 0.3) is 6.08 Å². The Hall–Kier alpha value is -3.33. The molecule has 2 aromatic rings. The summed E-state index contributed by atoms with van der Waals surface area (Å²) in [5, 5.41) is 23.0. The molecular weight excluding hydrogens is 282 g/mol. The molecule has 1 N–H and O–H groups in total. The summed E-state index contributed by atoms with van der Waals surface area (Å²) < 4.78 is 5.21. The first-order chi connectivity index (χ1) is 10.7. The van der Waals surface area contributed by atoms with E-state index in [0.29, 0.717) is 11.3 Å². The van der Waals surface area contributed by atoms with Crippen LogP contribution in [0, 0.1) is 21.4 Å². The van der Waals surface area contributed by atoms with Crippen LogP contribution in [0.3, 0.4) is 0 Å². The van der Waals surface area contributed by atoms with E-state index in [1.165, 1.54) is 13.2 Å². The number of hydrogen-bond donors (Lipinski definition) is 1. The van der Waals surface area contributed by atoms with Gasteiger partial charge >= 0.3 is 0 Å². The summed E-state index contributed by atoms with van der Waals surface area (Å²) in [5.41, 5.74) is 1.05. The van der Waals surface area contributed by atoms with Crippen molar-refractivity contribution in [1.82, 2.24) is 0 Å². The first-order valence-electron chi connectivity index (χ1n) is 6.41. The number of allylic oxidation sites excluding steroid dienone is 1. The first-order valence-corrected chi connectivity index (χ1v) is 6.41. The number of para-hydroxylation sites is 3. The Labute approximate surface area is 127 Å². The Morgan fingerprint density at radius 3 is 2.64 bits per heavy atom. The Morgan fingerprint density at radius 1 is 1.27 bits per heavy atom. The topological polar surface area (TPSA) is 88.2 Å². The molecule has 0 fully saturated rings. The van der Waals surface area contributed by atoms with E-state index < -0.39 is 4.92 Å². The minimum absolute atomic E-state index is 0.0938. The van der Waals surface area contributed by atoms with Gasteiger partial charge in [0.05, 0.1) is 12.0 Å². The van der Waals surface area contributed by atoms with E-state index >= 15 is 0 Å². The molecule has 0 aliphatic heterocycles. The summed E-state index contributed by atoms with van der Waals surface area (Å²) in [6.45, 7) is 0. The molecule has 2 rings (SSSR count). The van der Waals surface area contributed by atoms with E-state index in [9.17, 15) is 15.4 Å². The van der Waals surface area contributed by atoms with E-state index in [4.69, 9.17) is 4.74 Å². The molecule has 6 heteroatoms. The van der Waals surface area contributed by atoms with Crippen LogP contribution in [-0.4, -0.2) is 12.0 Å². The number of benzene rings is 2. The Kier molecular flexibility index (Phi) is 4.73. The van der Waals surface area contributed by atoms with Crippen molar-refractivity contribution >= 4 is 17.5 Å². The van der Waals surface area contributed by atoms with Crippen LogP contribution in [-0.2, 0) is 0 Å². The quantitative estimate of drug-likeness (QED) is 0.517. The normalized spacial score (nSPS) is 10.6. The lowest BCUT2D eigenvalue weighted by Gasteiger charge is -2.07. The third-order valence-corrected chi connectivity index (χ3v) is 2.93. The summed E-state index contributed by atoms with van der Waals surface area (Å²) in [5.74, 6) is 0.611. The number of methoxy groups -OCH3 is 1. The molecule has 110 valence electrons. The summed E-state index contributed by atoms with van der Waals surface area (Å²) >= 11 is 0. The van der Waals surface area contributed by atoms with Gasteiger partial charge in [0, 0.05) is 11.6 Å². The van der Waals surface area contributed by atoms with Gasteiger partial charge in [-0.05, 0) is 18.2 Å². The zero-order chi connectivity index (χ0) is 15.9. The monoisotopic (exact) mass is 295 g/mol. The summed E-state index contributed by atoms with van der Waals surface area (Å²) in [6.07, 6.45) is 1.58. The van der Waals surface area contributed by atoms with Gasteiger partial charge in [0.25, 0.3) is 5.69 Å². The highest BCUT2D eigenvalue weighted by Crippen LogP contribution is 2.26. The second kappa shape index (κ2) is 6.90. The first kappa shape index (κ1) is 15.1. The second-order valence-electron chi connectivity index (χ2n) is 4.31. The number of rotatable bonds is 5. The van der Waals surface area contributed by atoms with Gasteiger partial charge in [0.1, 0.15) is 23.2 Å². The average Bonchev–Trinajstić information content (AvgIpc) is 2.55. The lowest BCUT2D eigenvalue weighted by Crippen LogP contribution is -2.01. The largest absolute Gasteiger partial charge is 0.496 e. The number of nitriles is 1. The number of nitrogens with one attached hydrogen (secondary N) is 1. The summed E-state index contributed by atoms with van der Waals surface area (Å²) in [4.78, 5) is 10.5. The maximum Gasteiger partial charge on any atom is 0.292 e. The number of nitro groups is 1. The van der Waals surface area contributed by atoms with E-state index in [-0.39, 0.29) is 17.1 Å². The van der Waals surface area contributed by atoms with Gasteiger partial charge in [0.2, 0.25) is 0 Å². The van der Waals surface area contributed by atoms with Gasteiger partial charge in [-0.3, -0.25) is 10.1 Å². The second-order valence-corrected chi connectivity index (χ2v) is 4.31. The van der Waals surface area contributed by atoms with E-state index in [2.05, 4.69) is 5.32 Å². The predicted octanol–water partition coefficient (Wildman–Crippen LogP) is 3.58. The molecule has 0 aliphatic carbocycles. The number of nitrogens with zero attached hydrogens (tertiary/aromatic N) is 2. The molecule has 22 heavy (non-hydrogen) atoms. The van der Waals surface area contributed by atoms with Crippen LogP contribution in [0.1, 0.15) is 5.56 Å². The molecule has 6 nitrogen and oxygen atoms in total. The minimum Gasteiger partial charge on any atom is -0.496 e. The number of hydrogen-bond acceptors (Lipinski definition) is 5. The molecule has 0 saturated carbocycles. The summed E-state index contributed by atoms with van der Waals surface area (Å²) in [7, 11) is 1.54. The molecule has 0 aliphatic rings. The Balaban J connectivity index is 2.36. The van der Waals surface area contributed by atoms with E-state index in [1.807, 2.05) is 18.2 Å². The SMILES string of the molecule is COc1ccccc1/C=C(\C#N)Nc1ccccc1[N+](=O)[O-]. The van der Waals surface area contributed by atoms with Gasteiger partial charge in [-0.2, -0.15) is 5.26 Å². The van der Waals surface area contributed by atoms with Crippen molar-refractivity contribution in [3.63, 3.8) is 0 Å². The van der Waals surface area contributed by atoms with Crippen molar-refractivity contribution in [2.45, 2.75) is 0 Å². The van der Waals surface area contributed by atoms with Gasteiger partial charge < -0.3 is 10.1 Å². The van der Waals surface area contributed by atoms with Crippen molar-refractivity contribution in [3.05, 3.63) is 69.9 Å². The maximum absolute atomic E-state index is 11.0. The van der Waals surface area contributed by atoms with Gasteiger partial charge in [-0.1, -0.05) is 30.3 Å². The molecule has 0 aromatic heterocycles. The Morgan fingerprint density at radius 2 is 1.95 bits per heavy atom. The van der Waals surface area contributed by atoms with Gasteiger partial charge in [0.15, 0.2) is 0 Å². The molecule has 2 aromatic carbocycles. The van der Waals surface area contributed by atoms with Crippen LogP contribution in [0.2, 0.25) is 0 Å². The third-order valence-electron chi connectivity index (χ3n) is 2.93. The maximum atomic E-state index is 11.0. The fraction of sp³-hybridized carbons (Fsp3) is 0.0625. The smallest absolute Gasteiger partial charge is 0.292 e. The highest BCUT2D eigenvalue weighted by atomic mass is 16.6. The lowest BCUT2D eigenvalue weighted by atomic mass is 10.1. The van der Waals surface area contributed by atoms with Crippen molar-refractivity contribution in [3.8, 4) is 11.8 Å². The van der Waals surface area contributed by atoms with Crippen molar-refractivity contribution in [2.75, 3.05) is 12.4 Å². The van der Waals surface area contributed by atoms with Crippen molar-refractivity contribution < 1.29 is 9.66 Å². The molecule has 0 saturated heterocycles. The predicted molar refractivity (Wildman–Crippen MR) is 83.3 cm³/mol. The summed E-state index contributed by atoms with van der Waals surface area (Å²) in [6, 6.07) is 15.3. The van der Waals surface area contributed by atoms with Crippen LogP contribution in [0.15, 0.2) is 54.2 Å². The van der Waals surface area contributed by atoms with Crippen LogP contribution in [0.4, 0.5) is 11.4 Å². The lowest BCUT2D eigenvalue weighted by molar-refractivity contribution is -0.383. The molecule has 0 bridgehead atoms. The number of ether oxygens (including phenoxy) is 1. The number of anilines is 1. The minimum atomic E-state index is -0.500. The van der Waals surface area contributed by atoms with Gasteiger partial charge in [-0.15, -0.1) is 0 Å². The molecule has 0 heterocycles. The van der Waals surface area contributed by atoms with Crippen molar-refractivity contribution in [2.24, 2.45) is 0 Å². The zero-order valence-corrected chi connectivity index (χ0v) is 11.8. The number of nitro benzene ring substituents is 1. The third kappa shape index (κ3) is 3.41. The average molecular weight is 295 g/mol. The fourth-order valence-corrected chi connectivity index (χ4v) is 1.92. The highest BCUT2D eigenvalue weighted by Gasteiger charge is 2.13. The van der Waals surface area contributed by atoms with E-state index in [0.717, 1.165) is 0 Å². The standard InChI is InChI=1S/C16H13N3O3/c1-22-16-9-5-2-6-12(16)10-13(11-17)18-14-7-3-4-8-15(14)19(20)21/h2-10,18H,1H3/b13-10+. The van der Waals surface area contributed by atoms with Crippen LogP contribution in [0.5, 0.6) is 5.75 Å². The van der Waals surface area contributed by atoms with Crippen LogP contribution < -0.4 is 10.1 Å². The van der Waals surface area contributed by atoms with E-state index in [1.54, 1.807) is 36.4 Å². The molecule has 0 radical (unpaired) electrons. The molecule has 0 spiro atoms. The molecule has 0 atom stereocenters. The highest BCUT2D eigenvalue weighted by molar-refractivity contribution is 5.71.